The Hall–Kier alpha value is -1.42. The van der Waals surface area contributed by atoms with Crippen molar-refractivity contribution in [2.24, 2.45) is 28.6 Å². The van der Waals surface area contributed by atoms with Crippen LogP contribution < -0.4 is 0 Å². The number of carbonyl (C=O) groups is 2. The molecule has 4 nitrogen and oxygen atoms in total. The molecule has 0 unspecified atom stereocenters. The molecule has 3 saturated carbocycles. The predicted octanol–water partition coefficient (Wildman–Crippen LogP) is 3.89. The fourth-order valence-corrected chi connectivity index (χ4v) is 7.09. The Morgan fingerprint density at radius 3 is 2.58 bits per heavy atom. The molecule has 6 atom stereocenters. The second-order valence-electron chi connectivity index (χ2n) is 9.56. The smallest absolute Gasteiger partial charge is 0.328 e. The highest BCUT2D eigenvalue weighted by atomic mass is 16.4. The van der Waals surface area contributed by atoms with Gasteiger partial charge in [-0.25, -0.2) is 4.79 Å². The van der Waals surface area contributed by atoms with Gasteiger partial charge in [0.15, 0.2) is 5.78 Å². The molecule has 0 saturated heterocycles. The fraction of sp³-hybridized carbons (Fsp3) is 0.727. The van der Waals surface area contributed by atoms with Gasteiger partial charge in [0, 0.05) is 17.9 Å². The molecular formula is C22H30O4. The number of hydrogen-bond acceptors (Lipinski definition) is 3. The lowest BCUT2D eigenvalue weighted by Crippen LogP contribution is -2.54. The second kappa shape index (κ2) is 5.79. The summed E-state index contributed by atoms with van der Waals surface area (Å²) in [5.74, 6) is 0.869. The summed E-state index contributed by atoms with van der Waals surface area (Å²) in [6.45, 7) is 4.53. The molecular weight excluding hydrogens is 328 g/mol. The van der Waals surface area contributed by atoms with Gasteiger partial charge in [-0.05, 0) is 80.3 Å². The average molecular weight is 358 g/mol. The lowest BCUT2D eigenvalue weighted by atomic mass is 9.46. The van der Waals surface area contributed by atoms with Crippen molar-refractivity contribution in [1.29, 1.82) is 0 Å². The van der Waals surface area contributed by atoms with Gasteiger partial charge in [0.2, 0.25) is 0 Å². The third-order valence-corrected chi connectivity index (χ3v) is 8.68. The lowest BCUT2D eigenvalue weighted by molar-refractivity contribution is -0.132. The Labute approximate surface area is 155 Å². The highest BCUT2D eigenvalue weighted by Gasteiger charge is 2.63. The molecule has 0 spiro atoms. The predicted molar refractivity (Wildman–Crippen MR) is 98.4 cm³/mol. The Bertz CT molecular complexity index is 707. The van der Waals surface area contributed by atoms with Gasteiger partial charge in [-0.2, -0.15) is 0 Å². The number of hydrogen-bond donors (Lipinski definition) is 2. The van der Waals surface area contributed by atoms with Gasteiger partial charge >= 0.3 is 5.97 Å². The molecule has 0 aromatic rings. The maximum Gasteiger partial charge on any atom is 0.328 e. The third-order valence-electron chi connectivity index (χ3n) is 8.68. The molecule has 0 radical (unpaired) electrons. The van der Waals surface area contributed by atoms with Crippen molar-refractivity contribution < 1.29 is 19.8 Å². The van der Waals surface area contributed by atoms with Gasteiger partial charge in [0.05, 0.1) is 5.60 Å². The Morgan fingerprint density at radius 2 is 1.85 bits per heavy atom. The van der Waals surface area contributed by atoms with Gasteiger partial charge in [-0.3, -0.25) is 4.79 Å². The minimum absolute atomic E-state index is 0.135. The summed E-state index contributed by atoms with van der Waals surface area (Å²) in [5.41, 5.74) is 0.232. The summed E-state index contributed by atoms with van der Waals surface area (Å²) < 4.78 is 0. The molecule has 0 aromatic carbocycles. The highest BCUT2D eigenvalue weighted by Crippen LogP contribution is 2.67. The maximum atomic E-state index is 11.9. The molecule has 4 heteroatoms. The molecule has 26 heavy (non-hydrogen) atoms. The number of carbonyl (C=O) groups excluding carboxylic acids is 1. The molecule has 0 heterocycles. The molecule has 0 bridgehead atoms. The summed E-state index contributed by atoms with van der Waals surface area (Å²) in [4.78, 5) is 22.9. The zero-order chi connectivity index (χ0) is 18.7. The minimum Gasteiger partial charge on any atom is -0.478 e. The third kappa shape index (κ3) is 2.37. The Balaban J connectivity index is 1.65. The zero-order valence-corrected chi connectivity index (χ0v) is 15.8. The number of allylic oxidation sites excluding steroid dienone is 1. The van der Waals surface area contributed by atoms with Crippen LogP contribution in [0.1, 0.15) is 65.2 Å². The standard InChI is InChI=1S/C22H30O4/c1-20-9-5-15(23)13-14(20)3-4-16-17(20)6-10-21(2)18(16)7-11-22(21,26)12-8-19(24)25/h8,12-13,16-18,26H,3-7,9-11H2,1-2H3,(H,24,25)/b12-8+/t16-,17+,18+,20+,21+,22-/m1/s1. The van der Waals surface area contributed by atoms with Crippen LogP contribution in [0.15, 0.2) is 23.8 Å². The van der Waals surface area contributed by atoms with E-state index in [0.717, 1.165) is 44.6 Å². The van der Waals surface area contributed by atoms with Crippen LogP contribution in [0.25, 0.3) is 0 Å². The number of fused-ring (bicyclic) bond motifs is 5. The number of carboxylic acid groups (broad SMARTS) is 1. The lowest BCUT2D eigenvalue weighted by Gasteiger charge is -2.58. The minimum atomic E-state index is -1.01. The molecule has 4 rings (SSSR count). The number of carboxylic acids is 1. The van der Waals surface area contributed by atoms with Crippen LogP contribution in [0.4, 0.5) is 0 Å². The van der Waals surface area contributed by atoms with Crippen LogP contribution in [-0.2, 0) is 9.59 Å². The maximum absolute atomic E-state index is 11.9. The van der Waals surface area contributed by atoms with E-state index < -0.39 is 11.6 Å². The zero-order valence-electron chi connectivity index (χ0n) is 15.8. The van der Waals surface area contributed by atoms with Crippen LogP contribution in [0.3, 0.4) is 0 Å². The van der Waals surface area contributed by atoms with E-state index in [1.807, 2.05) is 6.08 Å². The van der Waals surface area contributed by atoms with Gasteiger partial charge in [0.1, 0.15) is 0 Å². The van der Waals surface area contributed by atoms with Gasteiger partial charge in [-0.1, -0.05) is 19.4 Å². The van der Waals surface area contributed by atoms with Crippen LogP contribution in [0, 0.1) is 28.6 Å². The summed E-state index contributed by atoms with van der Waals surface area (Å²) in [6.07, 6.45) is 11.9. The van der Waals surface area contributed by atoms with Gasteiger partial charge in [0.25, 0.3) is 0 Å². The molecule has 2 N–H and O–H groups in total. The largest absolute Gasteiger partial charge is 0.478 e. The Morgan fingerprint density at radius 1 is 1.12 bits per heavy atom. The van der Waals surface area contributed by atoms with E-state index in [9.17, 15) is 14.7 Å². The Kier molecular flexibility index (Phi) is 4.00. The van der Waals surface area contributed by atoms with E-state index in [1.165, 1.54) is 5.57 Å². The SMILES string of the molecule is C[C@]12CCC(=O)C=C1CC[C@@H]1[C@@H]2CC[C@@]2(C)[C@H]1CC[C@@]2(O)/C=C/C(=O)O. The molecule has 4 aliphatic carbocycles. The van der Waals surface area contributed by atoms with Crippen LogP contribution in [0.2, 0.25) is 0 Å². The van der Waals surface area contributed by atoms with E-state index in [-0.39, 0.29) is 16.6 Å². The van der Waals surface area contributed by atoms with Crippen molar-refractivity contribution >= 4 is 11.8 Å². The first-order valence-electron chi connectivity index (χ1n) is 10.1. The van der Waals surface area contributed by atoms with E-state index >= 15 is 0 Å². The molecule has 3 fully saturated rings. The first-order chi connectivity index (χ1) is 12.2. The van der Waals surface area contributed by atoms with Crippen molar-refractivity contribution in [3.05, 3.63) is 23.8 Å². The van der Waals surface area contributed by atoms with Crippen molar-refractivity contribution in [1.82, 2.24) is 0 Å². The van der Waals surface area contributed by atoms with E-state index in [0.29, 0.717) is 30.6 Å². The van der Waals surface area contributed by atoms with Gasteiger partial charge < -0.3 is 10.2 Å². The molecule has 0 amide bonds. The number of ketones is 1. The van der Waals surface area contributed by atoms with E-state index in [2.05, 4.69) is 13.8 Å². The van der Waals surface area contributed by atoms with Gasteiger partial charge in [-0.15, -0.1) is 0 Å². The first-order valence-corrected chi connectivity index (χ1v) is 10.1. The normalized spacial score (nSPS) is 47.9. The molecule has 0 aliphatic heterocycles. The van der Waals surface area contributed by atoms with Crippen molar-refractivity contribution in [3.8, 4) is 0 Å². The summed E-state index contributed by atoms with van der Waals surface area (Å²) in [5, 5.41) is 20.3. The first kappa shape index (κ1) is 18.0. The summed E-state index contributed by atoms with van der Waals surface area (Å²) in [7, 11) is 0. The van der Waals surface area contributed by atoms with Crippen LogP contribution in [-0.4, -0.2) is 27.6 Å². The number of rotatable bonds is 2. The molecule has 142 valence electrons. The quantitative estimate of drug-likeness (QED) is 0.735. The topological polar surface area (TPSA) is 74.6 Å². The van der Waals surface area contributed by atoms with Crippen molar-refractivity contribution in [2.45, 2.75) is 70.8 Å². The second-order valence-corrected chi connectivity index (χ2v) is 9.56. The number of aliphatic carboxylic acids is 1. The monoisotopic (exact) mass is 358 g/mol. The number of aliphatic hydroxyl groups is 1. The van der Waals surface area contributed by atoms with Crippen LogP contribution >= 0.6 is 0 Å². The van der Waals surface area contributed by atoms with Crippen molar-refractivity contribution in [2.75, 3.05) is 0 Å². The average Bonchev–Trinajstić information content (AvgIpc) is 2.86. The highest BCUT2D eigenvalue weighted by molar-refractivity contribution is 5.91. The fourth-order valence-electron chi connectivity index (χ4n) is 7.09. The summed E-state index contributed by atoms with van der Waals surface area (Å²) >= 11 is 0. The van der Waals surface area contributed by atoms with Crippen molar-refractivity contribution in [3.63, 3.8) is 0 Å². The van der Waals surface area contributed by atoms with E-state index in [1.54, 1.807) is 6.08 Å². The van der Waals surface area contributed by atoms with E-state index in [4.69, 9.17) is 5.11 Å². The van der Waals surface area contributed by atoms with Crippen LogP contribution in [0.5, 0.6) is 0 Å². The molecule has 4 aliphatic rings. The molecule has 0 aromatic heterocycles. The summed E-state index contributed by atoms with van der Waals surface area (Å²) in [6, 6.07) is 0.